The number of rotatable bonds is 9. The number of aromatic carboxylic acids is 1. The Hall–Kier alpha value is -3.59. The molecule has 30 heavy (non-hydrogen) atoms. The summed E-state index contributed by atoms with van der Waals surface area (Å²) in [6.45, 7) is 0.479. The lowest BCUT2D eigenvalue weighted by molar-refractivity contribution is 0.0697. The van der Waals surface area contributed by atoms with Crippen LogP contribution < -0.4 is 14.2 Å². The zero-order valence-corrected chi connectivity index (χ0v) is 16.4. The first-order valence-electron chi connectivity index (χ1n) is 8.81. The van der Waals surface area contributed by atoms with E-state index in [1.54, 1.807) is 36.4 Å². The highest BCUT2D eigenvalue weighted by molar-refractivity contribution is 7.92. The molecule has 0 atom stereocenters. The first kappa shape index (κ1) is 21.1. The van der Waals surface area contributed by atoms with Gasteiger partial charge in [0.25, 0.3) is 10.0 Å². The lowest BCUT2D eigenvalue weighted by Crippen LogP contribution is -2.13. The Morgan fingerprint density at radius 3 is 1.83 bits per heavy atom. The van der Waals surface area contributed by atoms with Crippen LogP contribution in [0.15, 0.2) is 77.7 Å². The van der Waals surface area contributed by atoms with Crippen molar-refractivity contribution in [3.8, 4) is 11.5 Å². The quantitative estimate of drug-likeness (QED) is 0.500. The number of carboxylic acids is 1. The first-order valence-corrected chi connectivity index (χ1v) is 10.3. The second kappa shape index (κ2) is 9.27. The molecule has 7 nitrogen and oxygen atoms in total. The number of halogens is 1. The maximum absolute atomic E-state index is 13.0. The Kier molecular flexibility index (Phi) is 6.53. The molecule has 0 aliphatic rings. The summed E-state index contributed by atoms with van der Waals surface area (Å²) in [5, 5.41) is 8.85. The van der Waals surface area contributed by atoms with E-state index in [-0.39, 0.29) is 23.7 Å². The van der Waals surface area contributed by atoms with E-state index in [2.05, 4.69) is 4.72 Å². The van der Waals surface area contributed by atoms with Crippen molar-refractivity contribution < 1.29 is 32.2 Å². The second-order valence-corrected chi connectivity index (χ2v) is 7.79. The van der Waals surface area contributed by atoms with E-state index in [0.717, 1.165) is 12.1 Å². The zero-order valence-electron chi connectivity index (χ0n) is 15.6. The molecule has 0 bridgehead atoms. The predicted molar refractivity (Wildman–Crippen MR) is 108 cm³/mol. The van der Waals surface area contributed by atoms with E-state index in [4.69, 9.17) is 14.6 Å². The summed E-state index contributed by atoms with van der Waals surface area (Å²) >= 11 is 0. The van der Waals surface area contributed by atoms with Crippen LogP contribution in [0.1, 0.15) is 10.4 Å². The Labute approximate surface area is 172 Å². The third-order valence-corrected chi connectivity index (χ3v) is 5.35. The summed E-state index contributed by atoms with van der Waals surface area (Å²) in [6.07, 6.45) is 0. The van der Waals surface area contributed by atoms with E-state index in [0.29, 0.717) is 17.2 Å². The minimum absolute atomic E-state index is 0.0437. The Morgan fingerprint density at radius 2 is 1.33 bits per heavy atom. The van der Waals surface area contributed by atoms with Crippen LogP contribution in [0, 0.1) is 5.82 Å². The van der Waals surface area contributed by atoms with Gasteiger partial charge in [-0.15, -0.1) is 0 Å². The van der Waals surface area contributed by atoms with Gasteiger partial charge in [-0.25, -0.2) is 17.6 Å². The van der Waals surface area contributed by atoms with Crippen molar-refractivity contribution >= 4 is 21.7 Å². The third-order valence-electron chi connectivity index (χ3n) is 3.95. The van der Waals surface area contributed by atoms with Gasteiger partial charge in [0.2, 0.25) is 0 Å². The van der Waals surface area contributed by atoms with Crippen LogP contribution in [0.25, 0.3) is 0 Å². The minimum Gasteiger partial charge on any atom is -0.490 e. The summed E-state index contributed by atoms with van der Waals surface area (Å²) < 4.78 is 50.9. The van der Waals surface area contributed by atoms with Crippen LogP contribution in [-0.4, -0.2) is 32.7 Å². The molecule has 156 valence electrons. The van der Waals surface area contributed by atoms with E-state index < -0.39 is 21.8 Å². The summed E-state index contributed by atoms with van der Waals surface area (Å²) in [5.41, 5.74) is 0.509. The molecule has 0 spiro atoms. The molecule has 0 radical (unpaired) electrons. The molecular weight excluding hydrogens is 413 g/mol. The van der Waals surface area contributed by atoms with Crippen molar-refractivity contribution in [3.05, 3.63) is 84.2 Å². The Bertz CT molecular complexity index is 1100. The number of nitrogens with one attached hydrogen (secondary N) is 1. The van der Waals surface area contributed by atoms with E-state index >= 15 is 0 Å². The number of ether oxygens (including phenoxy) is 2. The van der Waals surface area contributed by atoms with Crippen molar-refractivity contribution in [1.29, 1.82) is 0 Å². The number of sulfonamides is 1. The van der Waals surface area contributed by atoms with Crippen LogP contribution in [0.3, 0.4) is 0 Å². The van der Waals surface area contributed by atoms with Crippen molar-refractivity contribution in [2.24, 2.45) is 0 Å². The SMILES string of the molecule is O=C(O)c1ccc(OCCOc2ccc(NS(=O)(=O)c3ccc(F)cc3)cc2)cc1. The summed E-state index contributed by atoms with van der Waals surface area (Å²) in [7, 11) is -3.82. The highest BCUT2D eigenvalue weighted by Gasteiger charge is 2.14. The van der Waals surface area contributed by atoms with Crippen molar-refractivity contribution in [1.82, 2.24) is 0 Å². The van der Waals surface area contributed by atoms with Gasteiger partial charge in [0.05, 0.1) is 10.5 Å². The largest absolute Gasteiger partial charge is 0.490 e. The molecule has 9 heteroatoms. The van der Waals surface area contributed by atoms with E-state index in [9.17, 15) is 17.6 Å². The first-order chi connectivity index (χ1) is 14.3. The van der Waals surface area contributed by atoms with Crippen LogP contribution in [0.5, 0.6) is 11.5 Å². The van der Waals surface area contributed by atoms with Gasteiger partial charge >= 0.3 is 5.97 Å². The number of carboxylic acid groups (broad SMARTS) is 1. The second-order valence-electron chi connectivity index (χ2n) is 6.11. The van der Waals surface area contributed by atoms with Crippen LogP contribution in [-0.2, 0) is 10.0 Å². The number of anilines is 1. The van der Waals surface area contributed by atoms with Crippen LogP contribution in [0.4, 0.5) is 10.1 Å². The van der Waals surface area contributed by atoms with Crippen molar-refractivity contribution in [3.63, 3.8) is 0 Å². The van der Waals surface area contributed by atoms with Crippen molar-refractivity contribution in [2.75, 3.05) is 17.9 Å². The molecule has 0 aromatic heterocycles. The maximum atomic E-state index is 13.0. The fourth-order valence-corrected chi connectivity index (χ4v) is 3.52. The average Bonchev–Trinajstić information content (AvgIpc) is 2.73. The average molecular weight is 431 g/mol. The van der Waals surface area contributed by atoms with Crippen LogP contribution >= 0.6 is 0 Å². The van der Waals surface area contributed by atoms with Gasteiger partial charge in [0, 0.05) is 5.69 Å². The predicted octanol–water partition coefficient (Wildman–Crippen LogP) is 3.78. The molecule has 0 aliphatic carbocycles. The highest BCUT2D eigenvalue weighted by Crippen LogP contribution is 2.20. The summed E-state index contributed by atoms with van der Waals surface area (Å²) in [4.78, 5) is 10.8. The van der Waals surface area contributed by atoms with Gasteiger partial charge in [-0.05, 0) is 72.8 Å². The van der Waals surface area contributed by atoms with Gasteiger partial charge < -0.3 is 14.6 Å². The monoisotopic (exact) mass is 431 g/mol. The molecule has 0 heterocycles. The molecule has 0 saturated carbocycles. The highest BCUT2D eigenvalue weighted by atomic mass is 32.2. The third kappa shape index (κ3) is 5.71. The lowest BCUT2D eigenvalue weighted by Gasteiger charge is -2.10. The topological polar surface area (TPSA) is 102 Å². The fraction of sp³-hybridized carbons (Fsp3) is 0.0952. The van der Waals surface area contributed by atoms with Gasteiger partial charge in [0.15, 0.2) is 0 Å². The molecular formula is C21H18FNO6S. The van der Waals surface area contributed by atoms with E-state index in [1.807, 2.05) is 0 Å². The Morgan fingerprint density at radius 1 is 0.833 bits per heavy atom. The molecule has 0 saturated heterocycles. The molecule has 0 fully saturated rings. The number of benzene rings is 3. The van der Waals surface area contributed by atoms with E-state index in [1.165, 1.54) is 24.3 Å². The number of hydrogen-bond donors (Lipinski definition) is 2. The molecule has 0 unspecified atom stereocenters. The van der Waals surface area contributed by atoms with Gasteiger partial charge in [-0.3, -0.25) is 4.72 Å². The number of carbonyl (C=O) groups is 1. The van der Waals surface area contributed by atoms with Crippen LogP contribution in [0.2, 0.25) is 0 Å². The van der Waals surface area contributed by atoms with Gasteiger partial charge in [-0.2, -0.15) is 0 Å². The minimum atomic E-state index is -3.82. The normalized spacial score (nSPS) is 11.0. The van der Waals surface area contributed by atoms with Gasteiger partial charge in [-0.1, -0.05) is 0 Å². The summed E-state index contributed by atoms with van der Waals surface area (Å²) in [6, 6.07) is 16.8. The standard InChI is InChI=1S/C21H18FNO6S/c22-16-3-11-20(12-4-16)30(26,27)23-17-5-9-19(10-6-17)29-14-13-28-18-7-1-15(2-8-18)21(24)25/h1-12,23H,13-14H2,(H,24,25). The molecule has 3 aromatic rings. The molecule has 3 aromatic carbocycles. The fourth-order valence-electron chi connectivity index (χ4n) is 2.46. The molecule has 0 aliphatic heterocycles. The van der Waals surface area contributed by atoms with Gasteiger partial charge in [0.1, 0.15) is 30.5 Å². The smallest absolute Gasteiger partial charge is 0.335 e. The lowest BCUT2D eigenvalue weighted by atomic mass is 10.2. The zero-order chi connectivity index (χ0) is 21.6. The maximum Gasteiger partial charge on any atom is 0.335 e. The molecule has 0 amide bonds. The summed E-state index contributed by atoms with van der Waals surface area (Å²) in [5.74, 6) is -0.483. The molecule has 2 N–H and O–H groups in total. The molecule has 3 rings (SSSR count). The van der Waals surface area contributed by atoms with Crippen molar-refractivity contribution in [2.45, 2.75) is 4.90 Å². The number of hydrogen-bond acceptors (Lipinski definition) is 5. The Balaban J connectivity index is 1.48.